The Morgan fingerprint density at radius 3 is 2.41 bits per heavy atom. The van der Waals surface area contributed by atoms with Crippen LogP contribution in [0.1, 0.15) is 67.3 Å². The number of benzene rings is 2. The number of halogens is 2. The molecule has 1 heterocycles. The second-order valence-corrected chi connectivity index (χ2v) is 13.4. The monoisotopic (exact) mass is 546 g/mol. The lowest BCUT2D eigenvalue weighted by Gasteiger charge is -2.38. The van der Waals surface area contributed by atoms with E-state index in [1.807, 2.05) is 17.0 Å². The quantitative estimate of drug-likeness (QED) is 0.552. The van der Waals surface area contributed by atoms with Gasteiger partial charge in [0.1, 0.15) is 6.17 Å². The lowest BCUT2D eigenvalue weighted by molar-refractivity contribution is 0.0980. The van der Waals surface area contributed by atoms with Crippen LogP contribution in [0.5, 0.6) is 0 Å². The molecule has 1 amide bonds. The van der Waals surface area contributed by atoms with Crippen molar-refractivity contribution < 1.29 is 17.6 Å². The number of carbonyl (C=O) groups is 1. The minimum Gasteiger partial charge on any atom is -0.307 e. The van der Waals surface area contributed by atoms with Crippen LogP contribution in [0.25, 0.3) is 0 Å². The zero-order valence-electron chi connectivity index (χ0n) is 18.9. The molecule has 5 nitrogen and oxygen atoms in total. The first-order chi connectivity index (χ1) is 16.2. The summed E-state index contributed by atoms with van der Waals surface area (Å²) in [6, 6.07) is 11.9. The lowest BCUT2D eigenvalue weighted by Crippen LogP contribution is -2.45. The summed E-state index contributed by atoms with van der Waals surface area (Å²) in [5, 5.41) is 0. The fraction of sp³-hybridized carbons (Fsp3) is 0.500. The number of nitrogens with zero attached hydrogens (tertiary/aromatic N) is 1. The van der Waals surface area contributed by atoms with Crippen LogP contribution >= 0.6 is 15.9 Å². The van der Waals surface area contributed by atoms with Gasteiger partial charge in [0.25, 0.3) is 5.91 Å². The predicted molar refractivity (Wildman–Crippen MR) is 132 cm³/mol. The molecule has 3 aliphatic carbocycles. The highest BCUT2D eigenvalue weighted by Gasteiger charge is 2.53. The third kappa shape index (κ3) is 3.82. The van der Waals surface area contributed by atoms with Crippen molar-refractivity contribution in [1.82, 2.24) is 4.72 Å². The summed E-state index contributed by atoms with van der Waals surface area (Å²) in [5.41, 5.74) is 3.01. The van der Waals surface area contributed by atoms with Gasteiger partial charge in [-0.05, 0) is 98.7 Å². The zero-order chi connectivity index (χ0) is 23.7. The molecule has 8 heteroatoms. The fourth-order valence-electron chi connectivity index (χ4n) is 6.07. The fourth-order valence-corrected chi connectivity index (χ4v) is 7.74. The molecule has 2 aromatic carbocycles. The van der Waals surface area contributed by atoms with Gasteiger partial charge in [0.2, 0.25) is 10.0 Å². The van der Waals surface area contributed by atoms with Gasteiger partial charge >= 0.3 is 0 Å². The molecule has 0 radical (unpaired) electrons. The van der Waals surface area contributed by atoms with Crippen LogP contribution in [0.2, 0.25) is 0 Å². The van der Waals surface area contributed by atoms with Gasteiger partial charge in [-0.2, -0.15) is 0 Å². The summed E-state index contributed by atoms with van der Waals surface area (Å²) >= 11 is 3.62. The number of nitrogens with one attached hydrogen (secondary N) is 1. The van der Waals surface area contributed by atoms with Crippen molar-refractivity contribution in [2.24, 2.45) is 5.41 Å². The van der Waals surface area contributed by atoms with E-state index in [9.17, 15) is 17.6 Å². The maximum absolute atomic E-state index is 13.7. The molecule has 0 saturated heterocycles. The summed E-state index contributed by atoms with van der Waals surface area (Å²) < 4.78 is 42.4. The van der Waals surface area contributed by atoms with Gasteiger partial charge in [-0.1, -0.05) is 22.0 Å². The van der Waals surface area contributed by atoms with Crippen molar-refractivity contribution in [2.75, 3.05) is 11.4 Å². The van der Waals surface area contributed by atoms with Gasteiger partial charge in [-0.25, -0.2) is 17.5 Å². The number of alkyl halides is 1. The van der Waals surface area contributed by atoms with E-state index in [-0.39, 0.29) is 35.1 Å². The highest BCUT2D eigenvalue weighted by Crippen LogP contribution is 2.62. The molecule has 6 rings (SSSR count). The second kappa shape index (κ2) is 7.87. The minimum atomic E-state index is -3.82. The zero-order valence-corrected chi connectivity index (χ0v) is 21.3. The number of amides is 1. The molecule has 0 unspecified atom stereocenters. The van der Waals surface area contributed by atoms with Crippen LogP contribution in [-0.4, -0.2) is 33.1 Å². The SMILES string of the molecule is O=C(c1cccc(S(=O)(=O)NC2CC(F)C2)c1)N1CC2(CCC3(CC3)CC2)c2cc(Br)ccc21. The van der Waals surface area contributed by atoms with Gasteiger partial charge in [-0.15, -0.1) is 0 Å². The van der Waals surface area contributed by atoms with Crippen molar-refractivity contribution in [2.45, 2.75) is 73.9 Å². The van der Waals surface area contributed by atoms with E-state index in [4.69, 9.17) is 0 Å². The summed E-state index contributed by atoms with van der Waals surface area (Å²) in [6.07, 6.45) is 6.69. The first kappa shape index (κ1) is 22.7. The molecular formula is C26H28BrFN2O3S. The molecule has 1 aliphatic heterocycles. The first-order valence-electron chi connectivity index (χ1n) is 12.1. The number of hydrogen-bond donors (Lipinski definition) is 1. The summed E-state index contributed by atoms with van der Waals surface area (Å²) in [6.45, 7) is 0.628. The van der Waals surface area contributed by atoms with E-state index in [0.29, 0.717) is 17.5 Å². The Balaban J connectivity index is 1.29. The van der Waals surface area contributed by atoms with E-state index in [0.717, 1.165) is 23.0 Å². The molecule has 180 valence electrons. The topological polar surface area (TPSA) is 66.5 Å². The molecular weight excluding hydrogens is 519 g/mol. The van der Waals surface area contributed by atoms with E-state index < -0.39 is 16.2 Å². The molecule has 0 bridgehead atoms. The maximum atomic E-state index is 13.7. The predicted octanol–water partition coefficient (Wildman–Crippen LogP) is 5.48. The number of rotatable bonds is 4. The lowest BCUT2D eigenvalue weighted by atomic mass is 9.66. The molecule has 0 atom stereocenters. The van der Waals surface area contributed by atoms with Gasteiger partial charge in [0.05, 0.1) is 4.90 Å². The van der Waals surface area contributed by atoms with Crippen LogP contribution < -0.4 is 9.62 Å². The largest absolute Gasteiger partial charge is 0.307 e. The third-order valence-electron chi connectivity index (χ3n) is 8.55. The average Bonchev–Trinajstić information content (AvgIpc) is 3.50. The van der Waals surface area contributed by atoms with Crippen LogP contribution in [0.3, 0.4) is 0 Å². The van der Waals surface area contributed by atoms with Gasteiger partial charge in [0.15, 0.2) is 0 Å². The Morgan fingerprint density at radius 2 is 1.74 bits per heavy atom. The molecule has 3 fully saturated rings. The Hall–Kier alpha value is -1.77. The highest BCUT2D eigenvalue weighted by molar-refractivity contribution is 9.10. The number of anilines is 1. The van der Waals surface area contributed by atoms with E-state index in [1.165, 1.54) is 43.4 Å². The Kier molecular flexibility index (Phi) is 5.25. The van der Waals surface area contributed by atoms with Crippen LogP contribution in [0, 0.1) is 5.41 Å². The molecule has 2 aromatic rings. The van der Waals surface area contributed by atoms with Crippen LogP contribution in [0.4, 0.5) is 10.1 Å². The summed E-state index contributed by atoms with van der Waals surface area (Å²) in [7, 11) is -3.82. The van der Waals surface area contributed by atoms with E-state index in [2.05, 4.69) is 26.7 Å². The van der Waals surface area contributed by atoms with Crippen LogP contribution in [0.15, 0.2) is 51.8 Å². The number of carbonyl (C=O) groups excluding carboxylic acids is 1. The first-order valence-corrected chi connectivity index (χ1v) is 14.3. The van der Waals surface area contributed by atoms with Gasteiger partial charge in [-0.3, -0.25) is 4.79 Å². The minimum absolute atomic E-state index is 0.0407. The molecule has 2 spiro atoms. The van der Waals surface area contributed by atoms with Crippen molar-refractivity contribution in [3.8, 4) is 0 Å². The van der Waals surface area contributed by atoms with E-state index in [1.54, 1.807) is 12.1 Å². The average molecular weight is 547 g/mol. The van der Waals surface area contributed by atoms with E-state index >= 15 is 0 Å². The molecule has 0 aromatic heterocycles. The normalized spacial score (nSPS) is 26.4. The summed E-state index contributed by atoms with van der Waals surface area (Å²) in [5.74, 6) is -0.184. The molecule has 34 heavy (non-hydrogen) atoms. The second-order valence-electron chi connectivity index (χ2n) is 10.7. The van der Waals surface area contributed by atoms with Gasteiger partial charge < -0.3 is 4.90 Å². The smallest absolute Gasteiger partial charge is 0.258 e. The number of hydrogen-bond acceptors (Lipinski definition) is 3. The van der Waals surface area contributed by atoms with Crippen molar-refractivity contribution >= 4 is 37.5 Å². The van der Waals surface area contributed by atoms with Crippen molar-refractivity contribution in [1.29, 1.82) is 0 Å². The maximum Gasteiger partial charge on any atom is 0.258 e. The molecule has 3 saturated carbocycles. The number of fused-ring (bicyclic) bond motifs is 2. The molecule has 4 aliphatic rings. The van der Waals surface area contributed by atoms with Crippen molar-refractivity contribution in [3.05, 3.63) is 58.1 Å². The van der Waals surface area contributed by atoms with Crippen LogP contribution in [-0.2, 0) is 15.4 Å². The Labute approximate surface area is 208 Å². The highest BCUT2D eigenvalue weighted by atomic mass is 79.9. The Bertz CT molecular complexity index is 1260. The third-order valence-corrected chi connectivity index (χ3v) is 10.6. The number of sulfonamides is 1. The van der Waals surface area contributed by atoms with Gasteiger partial charge in [0, 0.05) is 33.7 Å². The van der Waals surface area contributed by atoms with Crippen molar-refractivity contribution in [3.63, 3.8) is 0 Å². The Morgan fingerprint density at radius 1 is 1.03 bits per heavy atom. The summed E-state index contributed by atoms with van der Waals surface area (Å²) in [4.78, 5) is 15.6. The molecule has 1 N–H and O–H groups in total. The standard InChI is InChI=1S/C26H28BrFN2O3S/c27-18-4-5-23-22(13-18)26(10-8-25(6-7-25)9-11-26)16-30(23)24(31)17-2-1-3-21(12-17)34(32,33)29-20-14-19(28)15-20/h1-5,12-13,19-20,29H,6-11,14-16H2.